The Balaban J connectivity index is 2.07. The Morgan fingerprint density at radius 2 is 1.97 bits per heavy atom. The van der Waals surface area contributed by atoms with E-state index in [1.54, 1.807) is 13.0 Å². The van der Waals surface area contributed by atoms with Gasteiger partial charge < -0.3 is 0 Å². The molecular formula is C24H21BrN4O3. The van der Waals surface area contributed by atoms with Gasteiger partial charge in [-0.2, -0.15) is 5.26 Å². The quantitative estimate of drug-likeness (QED) is 0.300. The van der Waals surface area contributed by atoms with Gasteiger partial charge in [0.2, 0.25) is 11.7 Å². The first-order valence-electron chi connectivity index (χ1n) is 10.1. The highest BCUT2D eigenvalue weighted by molar-refractivity contribution is 9.10. The highest BCUT2D eigenvalue weighted by atomic mass is 79.9. The molecule has 0 aliphatic carbocycles. The largest absolute Gasteiger partial charge is 0.316 e. The van der Waals surface area contributed by atoms with Gasteiger partial charge in [0.25, 0.3) is 0 Å². The van der Waals surface area contributed by atoms with Gasteiger partial charge in [0.05, 0.1) is 23.1 Å². The van der Waals surface area contributed by atoms with Crippen molar-refractivity contribution in [1.82, 2.24) is 4.98 Å². The SMILES string of the molecule is CCCC(=O)N(Cc1ccc(-c2ccccc2)c(C#N)c1)c1ncc(Br)c(C)c1[N+](=O)[O-]. The third kappa shape index (κ3) is 4.84. The normalized spacial score (nSPS) is 10.4. The van der Waals surface area contributed by atoms with E-state index in [1.165, 1.54) is 11.1 Å². The lowest BCUT2D eigenvalue weighted by Crippen LogP contribution is -2.31. The molecule has 0 radical (unpaired) electrons. The summed E-state index contributed by atoms with van der Waals surface area (Å²) in [6.45, 7) is 3.54. The maximum absolute atomic E-state index is 12.9. The predicted molar refractivity (Wildman–Crippen MR) is 126 cm³/mol. The third-order valence-electron chi connectivity index (χ3n) is 5.06. The van der Waals surface area contributed by atoms with Crippen molar-refractivity contribution in [2.75, 3.05) is 4.90 Å². The topological polar surface area (TPSA) is 100 Å². The second kappa shape index (κ2) is 10.2. The molecule has 0 saturated heterocycles. The van der Waals surface area contributed by atoms with Crippen LogP contribution in [0.5, 0.6) is 0 Å². The van der Waals surface area contributed by atoms with Crippen molar-refractivity contribution < 1.29 is 9.72 Å². The fourth-order valence-corrected chi connectivity index (χ4v) is 3.73. The van der Waals surface area contributed by atoms with Crippen LogP contribution in [0.3, 0.4) is 0 Å². The van der Waals surface area contributed by atoms with Crippen LogP contribution in [0.4, 0.5) is 11.5 Å². The highest BCUT2D eigenvalue weighted by Gasteiger charge is 2.29. The van der Waals surface area contributed by atoms with Gasteiger partial charge in [-0.1, -0.05) is 49.4 Å². The first-order chi connectivity index (χ1) is 15.4. The predicted octanol–water partition coefficient (Wildman–Crippen LogP) is 5.93. The molecule has 1 aromatic heterocycles. The van der Waals surface area contributed by atoms with Crippen LogP contribution in [-0.4, -0.2) is 15.8 Å². The van der Waals surface area contributed by atoms with Crippen molar-refractivity contribution in [2.45, 2.75) is 33.2 Å². The molecule has 0 spiro atoms. The number of hydrogen-bond acceptors (Lipinski definition) is 5. The number of nitriles is 1. The number of carbonyl (C=O) groups excluding carboxylic acids is 1. The minimum absolute atomic E-state index is 0.000191. The molecule has 0 unspecified atom stereocenters. The van der Waals surface area contributed by atoms with E-state index < -0.39 is 4.92 Å². The summed E-state index contributed by atoms with van der Waals surface area (Å²) < 4.78 is 0.495. The fraction of sp³-hybridized carbons (Fsp3) is 0.208. The van der Waals surface area contributed by atoms with E-state index in [1.807, 2.05) is 49.4 Å². The average Bonchev–Trinajstić information content (AvgIpc) is 2.79. The van der Waals surface area contributed by atoms with Crippen LogP contribution in [0.2, 0.25) is 0 Å². The van der Waals surface area contributed by atoms with Gasteiger partial charge in [-0.15, -0.1) is 0 Å². The van der Waals surface area contributed by atoms with Gasteiger partial charge in [0, 0.05) is 22.7 Å². The Kier molecular flexibility index (Phi) is 7.33. The molecule has 8 heteroatoms. The molecule has 32 heavy (non-hydrogen) atoms. The van der Waals surface area contributed by atoms with Crippen molar-refractivity contribution >= 4 is 33.3 Å². The van der Waals surface area contributed by atoms with E-state index in [-0.39, 0.29) is 30.4 Å². The Bertz CT molecular complexity index is 1210. The number of carbonyl (C=O) groups is 1. The van der Waals surface area contributed by atoms with Crippen LogP contribution >= 0.6 is 15.9 Å². The van der Waals surface area contributed by atoms with Gasteiger partial charge in [-0.05, 0) is 52.0 Å². The average molecular weight is 493 g/mol. The van der Waals surface area contributed by atoms with Crippen LogP contribution in [0.15, 0.2) is 59.2 Å². The zero-order chi connectivity index (χ0) is 23.3. The number of amides is 1. The molecule has 0 atom stereocenters. The van der Waals surface area contributed by atoms with E-state index in [4.69, 9.17) is 0 Å². The molecule has 0 fully saturated rings. The number of benzene rings is 2. The molecule has 3 rings (SSSR count). The minimum Gasteiger partial charge on any atom is -0.287 e. The van der Waals surface area contributed by atoms with Crippen molar-refractivity contribution in [3.8, 4) is 17.2 Å². The third-order valence-corrected chi connectivity index (χ3v) is 5.86. The number of halogens is 1. The molecule has 2 aromatic carbocycles. The van der Waals surface area contributed by atoms with E-state index in [2.05, 4.69) is 27.0 Å². The summed E-state index contributed by atoms with van der Waals surface area (Å²) in [5, 5.41) is 21.5. The molecule has 1 heterocycles. The number of hydrogen-bond donors (Lipinski definition) is 0. The molecular weight excluding hydrogens is 472 g/mol. The Hall–Kier alpha value is -3.57. The monoisotopic (exact) mass is 492 g/mol. The Morgan fingerprint density at radius 1 is 1.25 bits per heavy atom. The smallest absolute Gasteiger partial charge is 0.287 e. The highest BCUT2D eigenvalue weighted by Crippen LogP contribution is 2.35. The summed E-state index contributed by atoms with van der Waals surface area (Å²) in [5.41, 5.74) is 3.02. The molecule has 0 saturated carbocycles. The van der Waals surface area contributed by atoms with Crippen molar-refractivity contribution in [1.29, 1.82) is 5.26 Å². The van der Waals surface area contributed by atoms with Crippen molar-refractivity contribution in [2.24, 2.45) is 0 Å². The van der Waals surface area contributed by atoms with E-state index in [0.29, 0.717) is 27.6 Å². The number of anilines is 1. The van der Waals surface area contributed by atoms with Crippen molar-refractivity contribution in [3.05, 3.63) is 86.0 Å². The van der Waals surface area contributed by atoms with Gasteiger partial charge in [-0.3, -0.25) is 19.8 Å². The zero-order valence-electron chi connectivity index (χ0n) is 17.7. The summed E-state index contributed by atoms with van der Waals surface area (Å²) in [5.74, 6) is -0.268. The lowest BCUT2D eigenvalue weighted by atomic mass is 9.98. The second-order valence-electron chi connectivity index (χ2n) is 7.25. The molecule has 0 aliphatic rings. The molecule has 0 N–H and O–H groups in total. The van der Waals surface area contributed by atoms with Crippen LogP contribution in [0, 0.1) is 28.4 Å². The van der Waals surface area contributed by atoms with E-state index >= 15 is 0 Å². The summed E-state index contributed by atoms with van der Waals surface area (Å²) in [4.78, 5) is 29.8. The van der Waals surface area contributed by atoms with Crippen LogP contribution < -0.4 is 4.90 Å². The van der Waals surface area contributed by atoms with Crippen LogP contribution in [0.25, 0.3) is 11.1 Å². The van der Waals surface area contributed by atoms with Crippen molar-refractivity contribution in [3.63, 3.8) is 0 Å². The molecule has 7 nitrogen and oxygen atoms in total. The molecule has 0 bridgehead atoms. The Labute approximate surface area is 194 Å². The van der Waals surface area contributed by atoms with Gasteiger partial charge in [0.1, 0.15) is 0 Å². The number of nitro groups is 1. The second-order valence-corrected chi connectivity index (χ2v) is 8.10. The lowest BCUT2D eigenvalue weighted by molar-refractivity contribution is -0.384. The fourth-order valence-electron chi connectivity index (χ4n) is 3.44. The number of nitrogens with zero attached hydrogens (tertiary/aromatic N) is 4. The molecule has 162 valence electrons. The first kappa shape index (κ1) is 23.1. The van der Waals surface area contributed by atoms with E-state index in [0.717, 1.165) is 11.1 Å². The molecule has 0 aliphatic heterocycles. The zero-order valence-corrected chi connectivity index (χ0v) is 19.3. The molecule has 3 aromatic rings. The minimum atomic E-state index is -0.520. The van der Waals surface area contributed by atoms with Crippen LogP contribution in [-0.2, 0) is 11.3 Å². The Morgan fingerprint density at radius 3 is 2.59 bits per heavy atom. The summed E-state index contributed by atoms with van der Waals surface area (Å²) in [7, 11) is 0. The maximum atomic E-state index is 12.9. The maximum Gasteiger partial charge on any atom is 0.316 e. The first-order valence-corrected chi connectivity index (χ1v) is 10.8. The van der Waals surface area contributed by atoms with Gasteiger partial charge in [-0.25, -0.2) is 4.98 Å². The summed E-state index contributed by atoms with van der Waals surface area (Å²) >= 11 is 3.27. The molecule has 1 amide bonds. The van der Waals surface area contributed by atoms with Gasteiger partial charge >= 0.3 is 5.69 Å². The standard InChI is InChI=1S/C24H21BrN4O3/c1-3-7-22(30)28(24-23(29(31)32)16(2)21(25)14-27-24)15-17-10-11-20(19(12-17)13-26)18-8-5-4-6-9-18/h4-6,8-12,14H,3,7,15H2,1-2H3. The number of pyridine rings is 1. The number of aromatic nitrogens is 1. The lowest BCUT2D eigenvalue weighted by Gasteiger charge is -2.23. The summed E-state index contributed by atoms with van der Waals surface area (Å²) in [6, 6.07) is 17.1. The summed E-state index contributed by atoms with van der Waals surface area (Å²) in [6.07, 6.45) is 2.28. The number of rotatable bonds is 7. The van der Waals surface area contributed by atoms with Gasteiger partial charge in [0.15, 0.2) is 0 Å². The van der Waals surface area contributed by atoms with Crippen LogP contribution in [0.1, 0.15) is 36.5 Å². The van der Waals surface area contributed by atoms with E-state index in [9.17, 15) is 20.2 Å².